The number of carbonyl (C=O) groups is 1. The number of H-pyrrole nitrogens is 1. The van der Waals surface area contributed by atoms with Gasteiger partial charge in [0, 0.05) is 24.3 Å². The quantitative estimate of drug-likeness (QED) is 0.617. The van der Waals surface area contributed by atoms with Gasteiger partial charge in [0.25, 0.3) is 5.91 Å². The molecule has 0 saturated heterocycles. The number of fused-ring (bicyclic) bond motifs is 1. The van der Waals surface area contributed by atoms with Crippen molar-refractivity contribution in [3.63, 3.8) is 0 Å². The van der Waals surface area contributed by atoms with Crippen LogP contribution in [0.3, 0.4) is 0 Å². The van der Waals surface area contributed by atoms with Gasteiger partial charge in [-0.3, -0.25) is 9.89 Å². The largest absolute Gasteiger partial charge is 0.507 e. The molecule has 0 fully saturated rings. The first kappa shape index (κ1) is 19.1. The highest BCUT2D eigenvalue weighted by atomic mass is 19.1. The van der Waals surface area contributed by atoms with E-state index in [4.69, 9.17) is 0 Å². The highest BCUT2D eigenvalue weighted by Crippen LogP contribution is 2.45. The van der Waals surface area contributed by atoms with E-state index in [9.17, 15) is 19.4 Å². The van der Waals surface area contributed by atoms with Gasteiger partial charge in [0.2, 0.25) is 0 Å². The third-order valence-corrected chi connectivity index (χ3v) is 5.30. The fourth-order valence-electron chi connectivity index (χ4n) is 4.10. The molecule has 1 aliphatic heterocycles. The number of aromatic hydroxyl groups is 1. The predicted molar refractivity (Wildman–Crippen MR) is 106 cm³/mol. The summed E-state index contributed by atoms with van der Waals surface area (Å²) < 4.78 is 13.5. The van der Waals surface area contributed by atoms with Crippen molar-refractivity contribution in [1.82, 2.24) is 15.1 Å². The number of nitrogens with zero attached hydrogens (tertiary/aromatic N) is 2. The first-order valence-electron chi connectivity index (χ1n) is 9.48. The number of aromatic amines is 1. The molecule has 3 aromatic rings. The number of amides is 1. The van der Waals surface area contributed by atoms with Crippen LogP contribution in [-0.4, -0.2) is 44.4 Å². The lowest BCUT2D eigenvalue weighted by Crippen LogP contribution is -2.31. The maximum absolute atomic E-state index is 13.5. The highest BCUT2D eigenvalue weighted by Gasteiger charge is 2.42. The molecule has 0 aliphatic carbocycles. The second-order valence-electron chi connectivity index (χ2n) is 7.37. The molecule has 0 saturated carbocycles. The minimum atomic E-state index is -0.487. The number of carbonyl (C=O) groups excluding carboxylic acids is 1. The molecular formula is C22H22FN3O3. The standard InChI is InChI=1S/C22H22FN3O3/c1-12-10-13(2)17(16(28)11-12)19-18-20(25-24-19)22(29)26(8-3-9-27)21(18)14-4-6-15(23)7-5-14/h4-7,10-11,21,27-28H,3,8-9H2,1-2H3,(H,24,25). The average molecular weight is 395 g/mol. The van der Waals surface area contributed by atoms with Crippen LogP contribution in [0.5, 0.6) is 5.75 Å². The number of aliphatic hydroxyl groups is 1. The molecule has 4 rings (SSSR count). The zero-order chi connectivity index (χ0) is 20.7. The molecule has 1 aliphatic rings. The molecule has 0 radical (unpaired) electrons. The summed E-state index contributed by atoms with van der Waals surface area (Å²) in [5.41, 5.74) is 4.58. The van der Waals surface area contributed by atoms with Gasteiger partial charge < -0.3 is 15.1 Å². The van der Waals surface area contributed by atoms with E-state index in [1.165, 1.54) is 12.1 Å². The van der Waals surface area contributed by atoms with Crippen molar-refractivity contribution >= 4 is 5.91 Å². The fraction of sp³-hybridized carbons (Fsp3) is 0.273. The van der Waals surface area contributed by atoms with Crippen LogP contribution in [0.1, 0.15) is 45.2 Å². The van der Waals surface area contributed by atoms with Crippen molar-refractivity contribution in [3.05, 3.63) is 70.2 Å². The van der Waals surface area contributed by atoms with E-state index in [1.807, 2.05) is 19.9 Å². The second-order valence-corrected chi connectivity index (χ2v) is 7.37. The number of hydrogen-bond acceptors (Lipinski definition) is 4. The molecule has 1 unspecified atom stereocenters. The summed E-state index contributed by atoms with van der Waals surface area (Å²) in [5, 5.41) is 27.1. The van der Waals surface area contributed by atoms with E-state index < -0.39 is 6.04 Å². The van der Waals surface area contributed by atoms with Crippen LogP contribution in [0.25, 0.3) is 11.3 Å². The highest BCUT2D eigenvalue weighted by molar-refractivity contribution is 6.00. The van der Waals surface area contributed by atoms with E-state index in [0.717, 1.165) is 16.7 Å². The lowest BCUT2D eigenvalue weighted by Gasteiger charge is -2.26. The minimum Gasteiger partial charge on any atom is -0.507 e. The van der Waals surface area contributed by atoms with Gasteiger partial charge in [-0.25, -0.2) is 4.39 Å². The predicted octanol–water partition coefficient (Wildman–Crippen LogP) is 3.47. The monoisotopic (exact) mass is 395 g/mol. The Morgan fingerprint density at radius 3 is 2.59 bits per heavy atom. The van der Waals surface area contributed by atoms with Crippen LogP contribution >= 0.6 is 0 Å². The maximum Gasteiger partial charge on any atom is 0.273 e. The summed E-state index contributed by atoms with van der Waals surface area (Å²) in [7, 11) is 0. The Balaban J connectivity index is 1.91. The molecule has 2 aromatic carbocycles. The van der Waals surface area contributed by atoms with Crippen LogP contribution in [0.4, 0.5) is 4.39 Å². The van der Waals surface area contributed by atoms with Crippen molar-refractivity contribution in [2.45, 2.75) is 26.3 Å². The number of aryl methyl sites for hydroxylation is 2. The molecule has 0 spiro atoms. The van der Waals surface area contributed by atoms with E-state index in [2.05, 4.69) is 10.2 Å². The molecule has 29 heavy (non-hydrogen) atoms. The van der Waals surface area contributed by atoms with Crippen molar-refractivity contribution < 1.29 is 19.4 Å². The molecule has 1 atom stereocenters. The maximum atomic E-state index is 13.5. The Kier molecular flexibility index (Phi) is 4.84. The van der Waals surface area contributed by atoms with Crippen molar-refractivity contribution in [2.75, 3.05) is 13.2 Å². The van der Waals surface area contributed by atoms with E-state index in [0.29, 0.717) is 35.5 Å². The van der Waals surface area contributed by atoms with Crippen LogP contribution in [0.2, 0.25) is 0 Å². The third kappa shape index (κ3) is 3.17. The van der Waals surface area contributed by atoms with Crippen LogP contribution in [0.15, 0.2) is 36.4 Å². The minimum absolute atomic E-state index is 0.0448. The molecular weight excluding hydrogens is 373 g/mol. The summed E-state index contributed by atoms with van der Waals surface area (Å²) in [4.78, 5) is 14.7. The van der Waals surface area contributed by atoms with Gasteiger partial charge in [-0.1, -0.05) is 18.2 Å². The van der Waals surface area contributed by atoms with Crippen LogP contribution < -0.4 is 0 Å². The topological polar surface area (TPSA) is 89.5 Å². The summed E-state index contributed by atoms with van der Waals surface area (Å²) in [6.07, 6.45) is 0.422. The van der Waals surface area contributed by atoms with Gasteiger partial charge in [0.05, 0.1) is 6.04 Å². The van der Waals surface area contributed by atoms with Gasteiger partial charge >= 0.3 is 0 Å². The Morgan fingerprint density at radius 2 is 1.93 bits per heavy atom. The normalized spacial score (nSPS) is 15.8. The van der Waals surface area contributed by atoms with Gasteiger partial charge in [-0.15, -0.1) is 0 Å². The summed E-state index contributed by atoms with van der Waals surface area (Å²) in [5.74, 6) is -0.499. The Bertz CT molecular complexity index is 1050. The van der Waals surface area contributed by atoms with Gasteiger partial charge in [0.15, 0.2) is 0 Å². The van der Waals surface area contributed by atoms with Crippen LogP contribution in [0, 0.1) is 19.7 Å². The van der Waals surface area contributed by atoms with E-state index in [-0.39, 0.29) is 24.1 Å². The summed E-state index contributed by atoms with van der Waals surface area (Å²) in [6.45, 7) is 4.08. The molecule has 7 heteroatoms. The first-order chi connectivity index (χ1) is 13.9. The van der Waals surface area contributed by atoms with Crippen molar-refractivity contribution in [2.24, 2.45) is 0 Å². The zero-order valence-corrected chi connectivity index (χ0v) is 16.2. The molecule has 3 N–H and O–H groups in total. The number of aliphatic hydroxyl groups excluding tert-OH is 1. The zero-order valence-electron chi connectivity index (χ0n) is 16.2. The first-order valence-corrected chi connectivity index (χ1v) is 9.48. The number of nitrogens with one attached hydrogen (secondary N) is 1. The Morgan fingerprint density at radius 1 is 1.21 bits per heavy atom. The molecule has 1 aromatic heterocycles. The average Bonchev–Trinajstić information content (AvgIpc) is 3.20. The van der Waals surface area contributed by atoms with Gasteiger partial charge in [0.1, 0.15) is 23.0 Å². The van der Waals surface area contributed by atoms with Gasteiger partial charge in [-0.2, -0.15) is 5.10 Å². The molecule has 150 valence electrons. The molecule has 1 amide bonds. The van der Waals surface area contributed by atoms with Crippen molar-refractivity contribution in [1.29, 1.82) is 0 Å². The summed E-state index contributed by atoms with van der Waals surface area (Å²) in [6, 6.07) is 9.13. The number of benzene rings is 2. The third-order valence-electron chi connectivity index (χ3n) is 5.30. The lowest BCUT2D eigenvalue weighted by molar-refractivity contribution is 0.0732. The molecule has 6 nitrogen and oxygen atoms in total. The molecule has 0 bridgehead atoms. The smallest absolute Gasteiger partial charge is 0.273 e. The van der Waals surface area contributed by atoms with Crippen molar-refractivity contribution in [3.8, 4) is 17.0 Å². The SMILES string of the molecule is Cc1cc(C)c(-c2n[nH]c3c2C(c2ccc(F)cc2)N(CCCO)C3=O)c(O)c1. The lowest BCUT2D eigenvalue weighted by atomic mass is 9.93. The number of phenolic OH excluding ortho intramolecular Hbond substituents is 1. The van der Waals surface area contributed by atoms with E-state index in [1.54, 1.807) is 23.1 Å². The summed E-state index contributed by atoms with van der Waals surface area (Å²) >= 11 is 0. The number of aromatic nitrogens is 2. The Labute approximate surface area is 167 Å². The number of phenols is 1. The number of hydrogen-bond donors (Lipinski definition) is 3. The number of halogens is 1. The Hall–Kier alpha value is -3.19. The van der Waals surface area contributed by atoms with E-state index >= 15 is 0 Å². The molecule has 2 heterocycles. The second kappa shape index (κ2) is 7.33. The van der Waals surface area contributed by atoms with Crippen LogP contribution in [-0.2, 0) is 0 Å². The fourth-order valence-corrected chi connectivity index (χ4v) is 4.10. The number of rotatable bonds is 5. The van der Waals surface area contributed by atoms with Gasteiger partial charge in [-0.05, 0) is 55.2 Å².